The molecule has 0 aromatic carbocycles. The molecule has 0 rings (SSSR count). The molecular formula is C10H17IO. The van der Waals surface area contributed by atoms with Crippen molar-refractivity contribution in [3.8, 4) is 0 Å². The molecule has 0 aliphatic rings. The summed E-state index contributed by atoms with van der Waals surface area (Å²) in [6.07, 6.45) is 7.02. The monoisotopic (exact) mass is 280 g/mol. The Balaban J connectivity index is 3.75. The summed E-state index contributed by atoms with van der Waals surface area (Å²) in [5.41, 5.74) is 0. The molecule has 70 valence electrons. The van der Waals surface area contributed by atoms with Crippen LogP contribution in [-0.2, 0) is 4.79 Å². The molecule has 0 fully saturated rings. The van der Waals surface area contributed by atoms with E-state index in [2.05, 4.69) is 36.4 Å². The Kier molecular flexibility index (Phi) is 7.86. The molecule has 0 radical (unpaired) electrons. The molecule has 0 bridgehead atoms. The van der Waals surface area contributed by atoms with Crippen LogP contribution in [0, 0.1) is 0 Å². The largest absolute Gasteiger partial charge is 0.294 e. The summed E-state index contributed by atoms with van der Waals surface area (Å²) in [5.74, 6) is 0.311. The van der Waals surface area contributed by atoms with E-state index in [9.17, 15) is 4.79 Å². The van der Waals surface area contributed by atoms with Crippen molar-refractivity contribution < 1.29 is 4.79 Å². The Morgan fingerprint density at radius 2 is 2.00 bits per heavy atom. The Morgan fingerprint density at radius 1 is 1.33 bits per heavy atom. The van der Waals surface area contributed by atoms with Gasteiger partial charge >= 0.3 is 0 Å². The molecule has 0 spiro atoms. The van der Waals surface area contributed by atoms with Gasteiger partial charge in [0.25, 0.3) is 0 Å². The predicted octanol–water partition coefficient (Wildman–Crippen LogP) is 3.86. The molecule has 0 N–H and O–H groups in total. The number of allylic oxidation sites excluding steroid dienone is 2. The second kappa shape index (κ2) is 7.77. The normalized spacial score (nSPS) is 11.8. The minimum atomic E-state index is 0.311. The fourth-order valence-corrected chi connectivity index (χ4v) is 1.42. The van der Waals surface area contributed by atoms with Gasteiger partial charge in [-0.05, 0) is 35.4 Å². The second-order valence-corrected chi connectivity index (χ2v) is 4.03. The van der Waals surface area contributed by atoms with Gasteiger partial charge in [0.1, 0.15) is 0 Å². The topological polar surface area (TPSA) is 17.1 Å². The average molecular weight is 280 g/mol. The van der Waals surface area contributed by atoms with Crippen molar-refractivity contribution in [2.24, 2.45) is 0 Å². The minimum Gasteiger partial charge on any atom is -0.294 e. The number of ketones is 1. The maximum atomic E-state index is 11.3. The number of carbonyl (C=O) groups excluding carboxylic acids is 1. The first kappa shape index (κ1) is 12.1. The van der Waals surface area contributed by atoms with Gasteiger partial charge in [0.05, 0.1) is 3.58 Å². The molecule has 0 saturated carbocycles. The highest BCUT2D eigenvalue weighted by Crippen LogP contribution is 2.13. The third-order valence-corrected chi connectivity index (χ3v) is 2.68. The first-order chi connectivity index (χ1) is 5.72. The smallest absolute Gasteiger partial charge is 0.168 e. The molecule has 0 aromatic rings. The quantitative estimate of drug-likeness (QED) is 0.533. The highest BCUT2D eigenvalue weighted by molar-refractivity contribution is 14.1. The first-order valence-electron chi connectivity index (χ1n) is 4.61. The molecule has 2 heteroatoms. The molecule has 0 aromatic heterocycles. The fraction of sp³-hybridized carbons (Fsp3) is 0.700. The number of rotatable bonds is 6. The summed E-state index contributed by atoms with van der Waals surface area (Å²) in [6.45, 7) is 4.23. The second-order valence-electron chi connectivity index (χ2n) is 2.87. The average Bonchev–Trinajstić information content (AvgIpc) is 2.10. The van der Waals surface area contributed by atoms with Crippen LogP contribution < -0.4 is 0 Å². The van der Waals surface area contributed by atoms with Crippen LogP contribution >= 0.6 is 22.6 Å². The molecule has 0 amide bonds. The molecular weight excluding hydrogens is 263 g/mol. The van der Waals surface area contributed by atoms with E-state index in [4.69, 9.17) is 0 Å². The van der Waals surface area contributed by atoms with Gasteiger partial charge in [0, 0.05) is 6.42 Å². The van der Waals surface area contributed by atoms with E-state index < -0.39 is 0 Å². The van der Waals surface area contributed by atoms with Crippen LogP contribution in [0.15, 0.2) is 9.66 Å². The van der Waals surface area contributed by atoms with Gasteiger partial charge < -0.3 is 0 Å². The Hall–Kier alpha value is 0.140. The summed E-state index contributed by atoms with van der Waals surface area (Å²) in [7, 11) is 0. The molecule has 0 aliphatic carbocycles. The van der Waals surface area contributed by atoms with Crippen molar-refractivity contribution in [3.63, 3.8) is 0 Å². The van der Waals surface area contributed by atoms with Crippen LogP contribution in [0.4, 0.5) is 0 Å². The van der Waals surface area contributed by atoms with Gasteiger partial charge in [0.2, 0.25) is 0 Å². The van der Waals surface area contributed by atoms with Crippen molar-refractivity contribution in [2.45, 2.75) is 46.0 Å². The molecule has 0 heterocycles. The summed E-state index contributed by atoms with van der Waals surface area (Å²) in [5, 5.41) is 0. The summed E-state index contributed by atoms with van der Waals surface area (Å²) in [4.78, 5) is 11.3. The van der Waals surface area contributed by atoms with Gasteiger partial charge in [-0.2, -0.15) is 0 Å². The summed E-state index contributed by atoms with van der Waals surface area (Å²) in [6, 6.07) is 0. The van der Waals surface area contributed by atoms with Crippen molar-refractivity contribution in [3.05, 3.63) is 9.66 Å². The van der Waals surface area contributed by atoms with Gasteiger partial charge in [-0.3, -0.25) is 4.79 Å². The summed E-state index contributed by atoms with van der Waals surface area (Å²) < 4.78 is 0.919. The maximum Gasteiger partial charge on any atom is 0.168 e. The molecule has 0 saturated heterocycles. The first-order valence-corrected chi connectivity index (χ1v) is 5.69. The van der Waals surface area contributed by atoms with E-state index in [0.717, 1.165) is 35.7 Å². The van der Waals surface area contributed by atoms with Crippen molar-refractivity contribution in [1.82, 2.24) is 0 Å². The number of carbonyl (C=O) groups is 1. The molecule has 1 nitrogen and oxygen atoms in total. The highest BCUT2D eigenvalue weighted by atomic mass is 127. The van der Waals surface area contributed by atoms with E-state index in [0.29, 0.717) is 5.78 Å². The lowest BCUT2D eigenvalue weighted by atomic mass is 10.1. The zero-order valence-corrected chi connectivity index (χ0v) is 10.1. The number of Topliss-reactive ketones (excluding diaryl/α,β-unsaturated/α-hetero) is 1. The van der Waals surface area contributed by atoms with Crippen LogP contribution in [0.25, 0.3) is 0 Å². The Labute approximate surface area is 88.8 Å². The third kappa shape index (κ3) is 5.75. The van der Waals surface area contributed by atoms with Crippen LogP contribution in [0.3, 0.4) is 0 Å². The summed E-state index contributed by atoms with van der Waals surface area (Å²) >= 11 is 2.14. The van der Waals surface area contributed by atoms with Crippen LogP contribution in [-0.4, -0.2) is 5.78 Å². The van der Waals surface area contributed by atoms with Gasteiger partial charge in [-0.1, -0.05) is 32.8 Å². The van der Waals surface area contributed by atoms with Crippen molar-refractivity contribution >= 4 is 28.4 Å². The molecule has 0 aliphatic heterocycles. The highest BCUT2D eigenvalue weighted by Gasteiger charge is 2.03. The lowest BCUT2D eigenvalue weighted by molar-refractivity contribution is -0.114. The number of hydrogen-bond acceptors (Lipinski definition) is 1. The predicted molar refractivity (Wildman–Crippen MR) is 61.5 cm³/mol. The van der Waals surface area contributed by atoms with Gasteiger partial charge in [-0.25, -0.2) is 0 Å². The standard InChI is InChI=1S/C10H17IO/c1-3-5-7-9(11)10(12)8-6-4-2/h7H,3-6,8H2,1-2H3/b9-7+. The lowest BCUT2D eigenvalue weighted by Gasteiger charge is -1.97. The minimum absolute atomic E-state index is 0.311. The lowest BCUT2D eigenvalue weighted by Crippen LogP contribution is -1.96. The molecule has 12 heavy (non-hydrogen) atoms. The van der Waals surface area contributed by atoms with Gasteiger partial charge in [-0.15, -0.1) is 0 Å². The molecule has 0 atom stereocenters. The Bertz CT molecular complexity index is 161. The molecule has 0 unspecified atom stereocenters. The number of unbranched alkanes of at least 4 members (excludes halogenated alkanes) is 2. The Morgan fingerprint density at radius 3 is 2.50 bits per heavy atom. The van der Waals surface area contributed by atoms with Crippen LogP contribution in [0.1, 0.15) is 46.0 Å². The van der Waals surface area contributed by atoms with Crippen LogP contribution in [0.5, 0.6) is 0 Å². The van der Waals surface area contributed by atoms with E-state index in [1.54, 1.807) is 0 Å². The van der Waals surface area contributed by atoms with E-state index >= 15 is 0 Å². The zero-order chi connectivity index (χ0) is 9.40. The van der Waals surface area contributed by atoms with E-state index in [1.807, 2.05) is 6.08 Å². The maximum absolute atomic E-state index is 11.3. The van der Waals surface area contributed by atoms with Gasteiger partial charge in [0.15, 0.2) is 5.78 Å². The number of hydrogen-bond donors (Lipinski definition) is 0. The fourth-order valence-electron chi connectivity index (χ4n) is 0.842. The van der Waals surface area contributed by atoms with E-state index in [1.165, 1.54) is 0 Å². The van der Waals surface area contributed by atoms with E-state index in [-0.39, 0.29) is 0 Å². The van der Waals surface area contributed by atoms with Crippen molar-refractivity contribution in [2.75, 3.05) is 0 Å². The zero-order valence-electron chi connectivity index (χ0n) is 7.90. The van der Waals surface area contributed by atoms with Crippen molar-refractivity contribution in [1.29, 1.82) is 0 Å². The van der Waals surface area contributed by atoms with Crippen LogP contribution in [0.2, 0.25) is 0 Å². The SMILES string of the molecule is CCC/C=C(/I)C(=O)CCCC. The number of halogens is 1. The third-order valence-electron chi connectivity index (χ3n) is 1.64.